The van der Waals surface area contributed by atoms with Gasteiger partial charge in [-0.1, -0.05) is 42.0 Å². The minimum atomic E-state index is -0.977. The van der Waals surface area contributed by atoms with Gasteiger partial charge in [0.25, 0.3) is 0 Å². The van der Waals surface area contributed by atoms with Gasteiger partial charge in [0, 0.05) is 11.6 Å². The van der Waals surface area contributed by atoms with Crippen LogP contribution in [0.2, 0.25) is 0 Å². The molecule has 0 saturated carbocycles. The molecule has 1 atom stereocenters. The van der Waals surface area contributed by atoms with Gasteiger partial charge in [-0.3, -0.25) is 4.68 Å². The van der Waals surface area contributed by atoms with Gasteiger partial charge in [0.15, 0.2) is 12.0 Å². The number of hydrogen-bond donors (Lipinski definition) is 2. The Labute approximate surface area is 151 Å². The maximum absolute atomic E-state index is 10.4. The lowest BCUT2D eigenvalue weighted by Crippen LogP contribution is -2.12. The summed E-state index contributed by atoms with van der Waals surface area (Å²) in [6, 6.07) is 19.8. The summed E-state index contributed by atoms with van der Waals surface area (Å²) in [5.41, 5.74) is 3.85. The van der Waals surface area contributed by atoms with Crippen LogP contribution < -0.4 is 5.32 Å². The molecule has 2 aromatic carbocycles. The number of aryl methyl sites for hydroxylation is 1. The van der Waals surface area contributed by atoms with Crippen molar-refractivity contribution in [2.24, 2.45) is 0 Å². The van der Waals surface area contributed by atoms with Crippen molar-refractivity contribution in [1.82, 2.24) is 20.0 Å². The second-order valence-electron chi connectivity index (χ2n) is 6.20. The Hall–Kier alpha value is -3.25. The number of rotatable bonds is 5. The largest absolute Gasteiger partial charge is 0.368 e. The molecule has 0 fully saturated rings. The minimum Gasteiger partial charge on any atom is -0.368 e. The Morgan fingerprint density at radius 1 is 1.04 bits per heavy atom. The van der Waals surface area contributed by atoms with Crippen LogP contribution in [0.1, 0.15) is 23.0 Å². The average molecular weight is 345 g/mol. The van der Waals surface area contributed by atoms with Crippen LogP contribution in [0.15, 0.2) is 66.9 Å². The van der Waals surface area contributed by atoms with Crippen LogP contribution in [0.5, 0.6) is 0 Å². The molecule has 130 valence electrons. The van der Waals surface area contributed by atoms with Crippen molar-refractivity contribution in [2.45, 2.75) is 19.7 Å². The Morgan fingerprint density at radius 2 is 1.85 bits per heavy atom. The number of benzene rings is 2. The maximum Gasteiger partial charge on any atom is 0.171 e. The zero-order valence-corrected chi connectivity index (χ0v) is 14.4. The highest BCUT2D eigenvalue weighted by molar-refractivity contribution is 5.90. The summed E-state index contributed by atoms with van der Waals surface area (Å²) in [5, 5.41) is 26.8. The van der Waals surface area contributed by atoms with E-state index in [9.17, 15) is 5.11 Å². The third kappa shape index (κ3) is 3.27. The number of aromatic nitrogens is 4. The van der Waals surface area contributed by atoms with Gasteiger partial charge in [0.1, 0.15) is 5.69 Å². The van der Waals surface area contributed by atoms with Gasteiger partial charge in [-0.15, -0.1) is 0 Å². The first-order valence-corrected chi connectivity index (χ1v) is 8.44. The highest BCUT2D eigenvalue weighted by atomic mass is 16.3. The lowest BCUT2D eigenvalue weighted by atomic mass is 10.1. The lowest BCUT2D eigenvalue weighted by molar-refractivity contribution is 0.201. The Balaban J connectivity index is 1.66. The zero-order chi connectivity index (χ0) is 17.9. The molecule has 0 radical (unpaired) electrons. The molecule has 0 aliphatic rings. The summed E-state index contributed by atoms with van der Waals surface area (Å²) in [6.07, 6.45) is 0.594. The third-order valence-electron chi connectivity index (χ3n) is 4.26. The van der Waals surface area contributed by atoms with Gasteiger partial charge in [-0.2, -0.15) is 15.3 Å². The quantitative estimate of drug-likeness (QED) is 0.543. The molecule has 26 heavy (non-hydrogen) atoms. The van der Waals surface area contributed by atoms with Crippen LogP contribution in [0, 0.1) is 6.92 Å². The number of nitrogens with zero attached hydrogens (tertiary/aromatic N) is 4. The van der Waals surface area contributed by atoms with Crippen molar-refractivity contribution >= 4 is 16.7 Å². The zero-order valence-electron chi connectivity index (χ0n) is 14.4. The number of aliphatic hydroxyl groups excluding tert-OH is 1. The minimum absolute atomic E-state index is 0.449. The first kappa shape index (κ1) is 16.2. The van der Waals surface area contributed by atoms with Crippen LogP contribution in [0.4, 0.5) is 5.82 Å². The van der Waals surface area contributed by atoms with E-state index in [1.54, 1.807) is 18.3 Å². The van der Waals surface area contributed by atoms with E-state index < -0.39 is 6.23 Å². The molecule has 0 spiro atoms. The molecule has 1 unspecified atom stereocenters. The highest BCUT2D eigenvalue weighted by Gasteiger charge is 2.15. The van der Waals surface area contributed by atoms with Crippen molar-refractivity contribution in [1.29, 1.82) is 0 Å². The van der Waals surface area contributed by atoms with E-state index in [0.717, 1.165) is 10.9 Å². The number of anilines is 1. The Kier molecular flexibility index (Phi) is 4.33. The fraction of sp³-hybridized carbons (Fsp3) is 0.150. The number of aliphatic hydroxyl groups is 1. The van der Waals surface area contributed by atoms with Crippen molar-refractivity contribution in [3.8, 4) is 0 Å². The Bertz CT molecular complexity index is 1010. The fourth-order valence-corrected chi connectivity index (χ4v) is 2.88. The number of hydrogen-bond acceptors (Lipinski definition) is 5. The first-order valence-electron chi connectivity index (χ1n) is 8.44. The van der Waals surface area contributed by atoms with E-state index in [1.165, 1.54) is 11.1 Å². The standard InChI is InChI=1S/C20H19N5O/c1-14-8-10-15(11-9-14)13-25-18-7-3-2-5-16(18)19(24-25)22-20(26)17-6-4-12-21-23-17/h2-12,20,26H,13H2,1H3,(H,22,24). The predicted molar refractivity (Wildman–Crippen MR) is 101 cm³/mol. The molecule has 0 bridgehead atoms. The van der Waals surface area contributed by atoms with E-state index >= 15 is 0 Å². The summed E-state index contributed by atoms with van der Waals surface area (Å²) in [7, 11) is 0. The molecular formula is C20H19N5O. The van der Waals surface area contributed by atoms with Gasteiger partial charge in [-0.25, -0.2) is 0 Å². The van der Waals surface area contributed by atoms with Crippen LogP contribution >= 0.6 is 0 Å². The SMILES string of the molecule is Cc1ccc(Cn2nc(NC(O)c3cccnn3)c3ccccc32)cc1. The maximum atomic E-state index is 10.4. The molecule has 0 aliphatic heterocycles. The van der Waals surface area contributed by atoms with Crippen LogP contribution in [-0.2, 0) is 6.54 Å². The molecule has 6 heteroatoms. The molecule has 6 nitrogen and oxygen atoms in total. The second kappa shape index (κ2) is 6.93. The predicted octanol–water partition coefficient (Wildman–Crippen LogP) is 3.29. The normalized spacial score (nSPS) is 12.2. The van der Waals surface area contributed by atoms with Gasteiger partial charge in [0.05, 0.1) is 12.1 Å². The van der Waals surface area contributed by atoms with Crippen molar-refractivity contribution in [3.05, 3.63) is 83.7 Å². The first-order chi connectivity index (χ1) is 12.7. The smallest absolute Gasteiger partial charge is 0.171 e. The summed E-state index contributed by atoms with van der Waals surface area (Å²) >= 11 is 0. The molecule has 0 saturated heterocycles. The van der Waals surface area contributed by atoms with E-state index in [2.05, 4.69) is 51.8 Å². The summed E-state index contributed by atoms with van der Waals surface area (Å²) in [6.45, 7) is 2.73. The average Bonchev–Trinajstić information content (AvgIpc) is 3.02. The monoisotopic (exact) mass is 345 g/mol. The number of nitrogens with one attached hydrogen (secondary N) is 1. The summed E-state index contributed by atoms with van der Waals surface area (Å²) in [5.74, 6) is 0.617. The lowest BCUT2D eigenvalue weighted by Gasteiger charge is -2.10. The molecule has 0 amide bonds. The van der Waals surface area contributed by atoms with E-state index in [1.807, 2.05) is 28.9 Å². The van der Waals surface area contributed by atoms with E-state index in [0.29, 0.717) is 18.1 Å². The Morgan fingerprint density at radius 3 is 2.62 bits per heavy atom. The van der Waals surface area contributed by atoms with Gasteiger partial charge < -0.3 is 10.4 Å². The van der Waals surface area contributed by atoms with Gasteiger partial charge in [-0.05, 0) is 36.8 Å². The third-order valence-corrected chi connectivity index (χ3v) is 4.26. The summed E-state index contributed by atoms with van der Waals surface area (Å²) < 4.78 is 1.94. The van der Waals surface area contributed by atoms with Crippen LogP contribution in [-0.4, -0.2) is 25.1 Å². The highest BCUT2D eigenvalue weighted by Crippen LogP contribution is 2.26. The van der Waals surface area contributed by atoms with Crippen molar-refractivity contribution < 1.29 is 5.11 Å². The van der Waals surface area contributed by atoms with Crippen LogP contribution in [0.25, 0.3) is 10.9 Å². The van der Waals surface area contributed by atoms with Crippen molar-refractivity contribution in [3.63, 3.8) is 0 Å². The fourth-order valence-electron chi connectivity index (χ4n) is 2.88. The molecule has 4 rings (SSSR count). The van der Waals surface area contributed by atoms with Gasteiger partial charge in [0.2, 0.25) is 0 Å². The molecular weight excluding hydrogens is 326 g/mol. The molecule has 0 aliphatic carbocycles. The molecule has 2 N–H and O–H groups in total. The van der Waals surface area contributed by atoms with Gasteiger partial charge >= 0.3 is 0 Å². The number of fused-ring (bicyclic) bond motifs is 1. The topological polar surface area (TPSA) is 75.9 Å². The second-order valence-corrected chi connectivity index (χ2v) is 6.20. The molecule has 2 heterocycles. The van der Waals surface area contributed by atoms with E-state index in [-0.39, 0.29) is 0 Å². The summed E-state index contributed by atoms with van der Waals surface area (Å²) in [4.78, 5) is 0. The number of para-hydroxylation sites is 1. The molecule has 2 aromatic heterocycles. The van der Waals surface area contributed by atoms with E-state index in [4.69, 9.17) is 0 Å². The molecule has 4 aromatic rings. The van der Waals surface area contributed by atoms with Crippen molar-refractivity contribution in [2.75, 3.05) is 5.32 Å². The van der Waals surface area contributed by atoms with Crippen LogP contribution in [0.3, 0.4) is 0 Å².